The van der Waals surface area contributed by atoms with Gasteiger partial charge >= 0.3 is 0 Å². The van der Waals surface area contributed by atoms with Crippen LogP contribution in [0.2, 0.25) is 0 Å². The fourth-order valence-electron chi connectivity index (χ4n) is 1.40. The summed E-state index contributed by atoms with van der Waals surface area (Å²) in [6.45, 7) is 2.70. The Morgan fingerprint density at radius 3 is 2.15 bits per heavy atom. The van der Waals surface area contributed by atoms with Gasteiger partial charge in [0.2, 0.25) is 5.91 Å². The van der Waals surface area contributed by atoms with E-state index in [2.05, 4.69) is 10.6 Å². The van der Waals surface area contributed by atoms with Gasteiger partial charge in [-0.25, -0.2) is 0 Å². The Balaban J connectivity index is 4.51. The first-order valence-corrected chi connectivity index (χ1v) is 7.07. The van der Waals surface area contributed by atoms with Crippen molar-refractivity contribution >= 4 is 34.5 Å². The molecule has 0 aliphatic rings. The fraction of sp³-hybridized carbons (Fsp3) is 0.667. The summed E-state index contributed by atoms with van der Waals surface area (Å²) in [6, 6.07) is -1.49. The molecule has 0 spiro atoms. The van der Waals surface area contributed by atoms with E-state index in [1.54, 1.807) is 0 Å². The second-order valence-corrected chi connectivity index (χ2v) is 5.42. The summed E-state index contributed by atoms with van der Waals surface area (Å²) in [5, 5.41) is 15.4. The van der Waals surface area contributed by atoms with Gasteiger partial charge in [0, 0.05) is 18.6 Å². The number of hydrogen-bond acceptors (Lipinski definition) is 7. The van der Waals surface area contributed by atoms with Crippen LogP contribution in [-0.4, -0.2) is 47.7 Å². The van der Waals surface area contributed by atoms with E-state index >= 15 is 0 Å². The highest BCUT2D eigenvalue weighted by Crippen LogP contribution is 2.06. The molecule has 0 unspecified atom stereocenters. The van der Waals surface area contributed by atoms with E-state index in [0.717, 1.165) is 11.8 Å². The van der Waals surface area contributed by atoms with Gasteiger partial charge in [-0.15, -0.1) is 0 Å². The molecule has 0 aromatic heterocycles. The lowest BCUT2D eigenvalue weighted by atomic mass is 10.1. The molecular weight excluding hydrogens is 284 g/mol. The number of rotatable bonds is 9. The van der Waals surface area contributed by atoms with Crippen LogP contribution in [-0.2, 0) is 19.2 Å². The molecule has 1 amide bonds. The first kappa shape index (κ1) is 18.6. The van der Waals surface area contributed by atoms with Gasteiger partial charge in [0.1, 0.15) is 0 Å². The summed E-state index contributed by atoms with van der Waals surface area (Å²) in [7, 11) is 1.52. The number of carbonyl (C=O) groups is 4. The predicted molar refractivity (Wildman–Crippen MR) is 72.8 cm³/mol. The van der Waals surface area contributed by atoms with E-state index in [1.165, 1.54) is 20.9 Å². The third-order valence-electron chi connectivity index (χ3n) is 2.56. The van der Waals surface area contributed by atoms with Crippen molar-refractivity contribution in [2.24, 2.45) is 0 Å². The minimum Gasteiger partial charge on any atom is -0.550 e. The zero-order valence-electron chi connectivity index (χ0n) is 11.7. The molecule has 0 bridgehead atoms. The number of ketones is 1. The summed E-state index contributed by atoms with van der Waals surface area (Å²) >= 11 is 0.948. The molecule has 2 N–H and O–H groups in total. The second-order valence-electron chi connectivity index (χ2n) is 4.23. The van der Waals surface area contributed by atoms with E-state index < -0.39 is 24.0 Å². The molecule has 0 aliphatic heterocycles. The lowest BCUT2D eigenvalue weighted by Crippen LogP contribution is -2.50. The van der Waals surface area contributed by atoms with Gasteiger partial charge in [0.15, 0.2) is 10.9 Å². The Morgan fingerprint density at radius 2 is 1.75 bits per heavy atom. The van der Waals surface area contributed by atoms with Crippen molar-refractivity contribution in [3.8, 4) is 0 Å². The van der Waals surface area contributed by atoms with Crippen molar-refractivity contribution in [3.05, 3.63) is 0 Å². The average Bonchev–Trinajstić information content (AvgIpc) is 2.34. The van der Waals surface area contributed by atoms with Crippen molar-refractivity contribution < 1.29 is 24.3 Å². The van der Waals surface area contributed by atoms with Crippen LogP contribution in [0.25, 0.3) is 0 Å². The van der Waals surface area contributed by atoms with E-state index in [0.29, 0.717) is 0 Å². The van der Waals surface area contributed by atoms with Crippen LogP contribution in [0.1, 0.15) is 26.7 Å². The highest BCUT2D eigenvalue weighted by atomic mass is 32.2. The quantitative estimate of drug-likeness (QED) is 0.530. The number of thioether (sulfide) groups is 1. The van der Waals surface area contributed by atoms with Gasteiger partial charge in [-0.1, -0.05) is 11.8 Å². The van der Waals surface area contributed by atoms with Crippen LogP contribution in [0.4, 0.5) is 0 Å². The maximum absolute atomic E-state index is 11.9. The zero-order chi connectivity index (χ0) is 15.7. The molecule has 0 saturated carbocycles. The molecule has 2 atom stereocenters. The van der Waals surface area contributed by atoms with Crippen LogP contribution in [0.15, 0.2) is 0 Å². The van der Waals surface area contributed by atoms with E-state index in [9.17, 15) is 24.3 Å². The normalized spacial score (nSPS) is 13.3. The van der Waals surface area contributed by atoms with Gasteiger partial charge in [0.25, 0.3) is 0 Å². The van der Waals surface area contributed by atoms with Gasteiger partial charge in [-0.3, -0.25) is 14.4 Å². The van der Waals surface area contributed by atoms with Crippen molar-refractivity contribution in [1.82, 2.24) is 10.6 Å². The van der Waals surface area contributed by atoms with Crippen LogP contribution in [0.5, 0.6) is 0 Å². The Bertz CT molecular complexity index is 386. The molecule has 0 aromatic carbocycles. The van der Waals surface area contributed by atoms with E-state index in [-0.39, 0.29) is 29.5 Å². The minimum atomic E-state index is -1.24. The smallest absolute Gasteiger partial charge is 0.237 e. The molecule has 8 heteroatoms. The number of aliphatic carboxylic acids is 1. The maximum Gasteiger partial charge on any atom is 0.237 e. The summed E-state index contributed by atoms with van der Waals surface area (Å²) < 4.78 is 0. The SMILES string of the molecule is CN[C@@H](CCC(=O)[O-])C(=O)N[C@@H](CSC(C)=O)C(C)=O. The number of amides is 1. The minimum absolute atomic E-state index is 0.0646. The molecule has 114 valence electrons. The predicted octanol–water partition coefficient (Wildman–Crippen LogP) is -1.54. The largest absolute Gasteiger partial charge is 0.550 e. The zero-order valence-corrected chi connectivity index (χ0v) is 12.5. The second kappa shape index (κ2) is 9.49. The van der Waals surface area contributed by atoms with Crippen LogP contribution in [0.3, 0.4) is 0 Å². The number of carboxylic acid groups (broad SMARTS) is 1. The van der Waals surface area contributed by atoms with Crippen molar-refractivity contribution in [2.45, 2.75) is 38.8 Å². The maximum atomic E-state index is 11.9. The molecule has 0 aromatic rings. The number of Topliss-reactive ketones (excluding diaryl/α,β-unsaturated/α-hetero) is 1. The lowest BCUT2D eigenvalue weighted by molar-refractivity contribution is -0.305. The van der Waals surface area contributed by atoms with E-state index in [4.69, 9.17) is 0 Å². The number of carboxylic acids is 1. The summed E-state index contributed by atoms with van der Waals surface area (Å²) in [4.78, 5) is 44.6. The third kappa shape index (κ3) is 7.90. The first-order chi connectivity index (χ1) is 9.27. The third-order valence-corrected chi connectivity index (χ3v) is 3.47. The molecule has 0 fully saturated rings. The topological polar surface area (TPSA) is 115 Å². The molecule has 0 rings (SSSR count). The van der Waals surface area contributed by atoms with Crippen LogP contribution in [0, 0.1) is 0 Å². The molecule has 7 nitrogen and oxygen atoms in total. The number of likely N-dealkylation sites (N-methyl/N-ethyl adjacent to an activating group) is 1. The highest BCUT2D eigenvalue weighted by Gasteiger charge is 2.22. The number of hydrogen-bond donors (Lipinski definition) is 2. The molecule has 0 heterocycles. The summed E-state index contributed by atoms with van der Waals surface area (Å²) in [5.74, 6) is -1.82. The van der Waals surface area contributed by atoms with Gasteiger partial charge < -0.3 is 20.5 Å². The standard InChI is InChI=1S/C12H20N2O5S/c1-7(15)10(6-20-8(2)16)14-12(19)9(13-3)4-5-11(17)18/h9-10,13H,4-6H2,1-3H3,(H,14,19)(H,17,18)/p-1/t9-,10-/m0/s1. The Hall–Kier alpha value is -1.41. The first-order valence-electron chi connectivity index (χ1n) is 6.09. The molecule has 0 saturated heterocycles. The van der Waals surface area contributed by atoms with Gasteiger partial charge in [0.05, 0.1) is 12.1 Å². The Kier molecular flexibility index (Phi) is 8.82. The molecule has 0 aliphatic carbocycles. The Morgan fingerprint density at radius 1 is 1.15 bits per heavy atom. The lowest BCUT2D eigenvalue weighted by Gasteiger charge is -2.20. The fourth-order valence-corrected chi connectivity index (χ4v) is 2.12. The van der Waals surface area contributed by atoms with Gasteiger partial charge in [-0.05, 0) is 26.8 Å². The van der Waals surface area contributed by atoms with E-state index in [1.807, 2.05) is 0 Å². The monoisotopic (exact) mass is 303 g/mol. The molecule has 20 heavy (non-hydrogen) atoms. The summed E-state index contributed by atoms with van der Waals surface area (Å²) in [5.41, 5.74) is 0. The van der Waals surface area contributed by atoms with Gasteiger partial charge in [-0.2, -0.15) is 0 Å². The Labute approximate surface area is 121 Å². The molecule has 0 radical (unpaired) electrons. The average molecular weight is 303 g/mol. The van der Waals surface area contributed by atoms with Crippen LogP contribution >= 0.6 is 11.8 Å². The van der Waals surface area contributed by atoms with Crippen molar-refractivity contribution in [1.29, 1.82) is 0 Å². The summed E-state index contributed by atoms with van der Waals surface area (Å²) in [6.07, 6.45) is -0.193. The van der Waals surface area contributed by atoms with Crippen LogP contribution < -0.4 is 15.7 Å². The number of nitrogens with one attached hydrogen (secondary N) is 2. The van der Waals surface area contributed by atoms with Crippen molar-refractivity contribution in [3.63, 3.8) is 0 Å². The highest BCUT2D eigenvalue weighted by molar-refractivity contribution is 8.13. The molecular formula is C12H19N2O5S-. The number of carbonyl (C=O) groups excluding carboxylic acids is 4. The van der Waals surface area contributed by atoms with Crippen molar-refractivity contribution in [2.75, 3.05) is 12.8 Å².